The summed E-state index contributed by atoms with van der Waals surface area (Å²) >= 11 is 5.16. The van der Waals surface area contributed by atoms with E-state index < -0.39 is 0 Å². The van der Waals surface area contributed by atoms with Gasteiger partial charge in [0, 0.05) is 39.9 Å². The SMILES string of the molecule is Brc1cccc(-c2csc(=NCCc3ccccc3)n2N=Cc2cccnc2)c1. The molecule has 0 radical (unpaired) electrons. The van der Waals surface area contributed by atoms with Crippen LogP contribution in [-0.4, -0.2) is 22.4 Å². The van der Waals surface area contributed by atoms with Gasteiger partial charge in [0.25, 0.3) is 0 Å². The van der Waals surface area contributed by atoms with Gasteiger partial charge in [-0.2, -0.15) is 5.10 Å². The van der Waals surface area contributed by atoms with Gasteiger partial charge in [0.05, 0.1) is 11.9 Å². The molecule has 4 rings (SSSR count). The van der Waals surface area contributed by atoms with Crippen LogP contribution in [0, 0.1) is 0 Å². The molecule has 0 unspecified atom stereocenters. The number of hydrogen-bond donors (Lipinski definition) is 0. The highest BCUT2D eigenvalue weighted by Crippen LogP contribution is 2.23. The molecule has 0 aliphatic heterocycles. The van der Waals surface area contributed by atoms with Gasteiger partial charge in [-0.15, -0.1) is 11.3 Å². The van der Waals surface area contributed by atoms with Crippen molar-refractivity contribution in [2.75, 3.05) is 6.54 Å². The summed E-state index contributed by atoms with van der Waals surface area (Å²) in [5.41, 5.74) is 4.32. The molecule has 0 saturated heterocycles. The summed E-state index contributed by atoms with van der Waals surface area (Å²) < 4.78 is 2.94. The van der Waals surface area contributed by atoms with E-state index >= 15 is 0 Å². The summed E-state index contributed by atoms with van der Waals surface area (Å²) in [5, 5.41) is 6.82. The molecule has 0 atom stereocenters. The Morgan fingerprint density at radius 1 is 1.03 bits per heavy atom. The zero-order valence-electron chi connectivity index (χ0n) is 15.6. The van der Waals surface area contributed by atoms with E-state index in [0.717, 1.165) is 32.5 Å². The Bertz CT molecular complexity index is 1160. The van der Waals surface area contributed by atoms with Crippen LogP contribution in [0.1, 0.15) is 11.1 Å². The van der Waals surface area contributed by atoms with Gasteiger partial charge in [-0.25, -0.2) is 4.68 Å². The Labute approximate surface area is 182 Å². The third kappa shape index (κ3) is 5.16. The predicted molar refractivity (Wildman–Crippen MR) is 123 cm³/mol. The highest BCUT2D eigenvalue weighted by molar-refractivity contribution is 9.10. The zero-order chi connectivity index (χ0) is 19.9. The van der Waals surface area contributed by atoms with E-state index in [0.29, 0.717) is 6.54 Å². The number of nitrogens with zero attached hydrogens (tertiary/aromatic N) is 4. The quantitative estimate of drug-likeness (QED) is 0.353. The first-order chi connectivity index (χ1) is 14.3. The number of rotatable bonds is 6. The highest BCUT2D eigenvalue weighted by Gasteiger charge is 2.08. The van der Waals surface area contributed by atoms with Crippen LogP contribution in [-0.2, 0) is 6.42 Å². The molecule has 144 valence electrons. The molecular formula is C23H19BrN4S. The first-order valence-electron chi connectivity index (χ1n) is 9.25. The molecule has 4 nitrogen and oxygen atoms in total. The van der Waals surface area contributed by atoms with Crippen LogP contribution >= 0.6 is 27.3 Å². The maximum atomic E-state index is 4.82. The van der Waals surface area contributed by atoms with E-state index in [1.54, 1.807) is 23.7 Å². The lowest BCUT2D eigenvalue weighted by Crippen LogP contribution is -2.13. The van der Waals surface area contributed by atoms with Gasteiger partial charge < -0.3 is 0 Å². The Morgan fingerprint density at radius 2 is 1.93 bits per heavy atom. The number of aromatic nitrogens is 2. The van der Waals surface area contributed by atoms with E-state index in [-0.39, 0.29) is 0 Å². The largest absolute Gasteiger partial charge is 0.264 e. The summed E-state index contributed by atoms with van der Waals surface area (Å²) in [7, 11) is 0. The monoisotopic (exact) mass is 462 g/mol. The second-order valence-electron chi connectivity index (χ2n) is 6.37. The lowest BCUT2D eigenvalue weighted by Gasteiger charge is -2.04. The molecular weight excluding hydrogens is 444 g/mol. The smallest absolute Gasteiger partial charge is 0.206 e. The van der Waals surface area contributed by atoms with Crippen molar-refractivity contribution in [2.45, 2.75) is 6.42 Å². The van der Waals surface area contributed by atoms with Crippen molar-refractivity contribution in [3.8, 4) is 11.3 Å². The minimum Gasteiger partial charge on any atom is -0.264 e. The normalized spacial score (nSPS) is 12.0. The van der Waals surface area contributed by atoms with Crippen LogP contribution < -0.4 is 4.80 Å². The molecule has 2 aromatic heterocycles. The lowest BCUT2D eigenvalue weighted by molar-refractivity contribution is 0.816. The van der Waals surface area contributed by atoms with Gasteiger partial charge in [-0.05, 0) is 30.2 Å². The van der Waals surface area contributed by atoms with Crippen LogP contribution in [0.5, 0.6) is 0 Å². The van der Waals surface area contributed by atoms with Crippen LogP contribution in [0.15, 0.2) is 99.1 Å². The van der Waals surface area contributed by atoms with Gasteiger partial charge in [-0.1, -0.05) is 64.5 Å². The minimum atomic E-state index is 0.713. The second-order valence-corrected chi connectivity index (χ2v) is 8.13. The van der Waals surface area contributed by atoms with E-state index in [1.807, 2.05) is 41.2 Å². The van der Waals surface area contributed by atoms with Crippen molar-refractivity contribution < 1.29 is 0 Å². The second kappa shape index (κ2) is 9.58. The summed E-state index contributed by atoms with van der Waals surface area (Å²) in [4.78, 5) is 9.85. The van der Waals surface area contributed by atoms with Gasteiger partial charge in [0.2, 0.25) is 4.80 Å². The maximum Gasteiger partial charge on any atom is 0.206 e. The number of benzene rings is 2. The van der Waals surface area contributed by atoms with E-state index in [2.05, 4.69) is 62.7 Å². The molecule has 0 amide bonds. The predicted octanol–water partition coefficient (Wildman–Crippen LogP) is 5.40. The van der Waals surface area contributed by atoms with E-state index in [4.69, 9.17) is 10.1 Å². The van der Waals surface area contributed by atoms with Crippen molar-refractivity contribution in [2.24, 2.45) is 10.1 Å². The summed E-state index contributed by atoms with van der Waals surface area (Å²) in [6.07, 6.45) is 6.27. The number of thiazole rings is 1. The average molecular weight is 463 g/mol. The standard InChI is InChI=1S/C23H19BrN4S/c24-21-10-4-9-20(14-21)22-17-29-23(26-13-11-18-6-2-1-3-7-18)28(22)27-16-19-8-5-12-25-15-19/h1-10,12,14-17H,11,13H2. The lowest BCUT2D eigenvalue weighted by atomic mass is 10.2. The number of halogens is 1. The molecule has 0 saturated carbocycles. The molecule has 2 aromatic carbocycles. The molecule has 2 heterocycles. The first-order valence-corrected chi connectivity index (χ1v) is 10.9. The highest BCUT2D eigenvalue weighted by atomic mass is 79.9. The molecule has 0 spiro atoms. The molecule has 0 aliphatic carbocycles. The van der Waals surface area contributed by atoms with Crippen LogP contribution in [0.25, 0.3) is 11.3 Å². The van der Waals surface area contributed by atoms with Crippen LogP contribution in [0.3, 0.4) is 0 Å². The van der Waals surface area contributed by atoms with Crippen molar-refractivity contribution in [1.82, 2.24) is 9.66 Å². The average Bonchev–Trinajstić information content (AvgIpc) is 3.16. The Morgan fingerprint density at radius 3 is 2.72 bits per heavy atom. The molecule has 0 fully saturated rings. The number of pyridine rings is 1. The van der Waals surface area contributed by atoms with Crippen LogP contribution in [0.2, 0.25) is 0 Å². The van der Waals surface area contributed by atoms with Crippen molar-refractivity contribution >= 4 is 33.5 Å². The molecule has 4 aromatic rings. The summed E-state index contributed by atoms with van der Waals surface area (Å²) in [6, 6.07) is 22.5. The molecule has 0 bridgehead atoms. The third-order valence-electron chi connectivity index (χ3n) is 4.30. The fraction of sp³-hybridized carbons (Fsp3) is 0.0870. The van der Waals surface area contributed by atoms with Gasteiger partial charge in [-0.3, -0.25) is 9.98 Å². The Kier molecular flexibility index (Phi) is 6.44. The Hall–Kier alpha value is -2.83. The molecule has 6 heteroatoms. The van der Waals surface area contributed by atoms with Gasteiger partial charge >= 0.3 is 0 Å². The fourth-order valence-corrected chi connectivity index (χ4v) is 4.13. The van der Waals surface area contributed by atoms with Crippen LogP contribution in [0.4, 0.5) is 0 Å². The van der Waals surface area contributed by atoms with Crippen molar-refractivity contribution in [3.63, 3.8) is 0 Å². The fourth-order valence-electron chi connectivity index (χ4n) is 2.87. The first kappa shape index (κ1) is 19.5. The maximum absolute atomic E-state index is 4.82. The number of hydrogen-bond acceptors (Lipinski definition) is 4. The van der Waals surface area contributed by atoms with Gasteiger partial charge in [0.15, 0.2) is 0 Å². The zero-order valence-corrected chi connectivity index (χ0v) is 18.1. The summed E-state index contributed by atoms with van der Waals surface area (Å²) in [6.45, 7) is 0.713. The van der Waals surface area contributed by atoms with E-state index in [9.17, 15) is 0 Å². The van der Waals surface area contributed by atoms with Crippen molar-refractivity contribution in [3.05, 3.63) is 105 Å². The molecule has 0 aliphatic rings. The molecule has 29 heavy (non-hydrogen) atoms. The minimum absolute atomic E-state index is 0.713. The van der Waals surface area contributed by atoms with Gasteiger partial charge in [0.1, 0.15) is 0 Å². The molecule has 0 N–H and O–H groups in total. The summed E-state index contributed by atoms with van der Waals surface area (Å²) in [5.74, 6) is 0. The van der Waals surface area contributed by atoms with E-state index in [1.165, 1.54) is 5.56 Å². The topological polar surface area (TPSA) is 42.5 Å². The third-order valence-corrected chi connectivity index (χ3v) is 5.65. The Balaban J connectivity index is 1.69. The van der Waals surface area contributed by atoms with Crippen molar-refractivity contribution in [1.29, 1.82) is 0 Å².